The smallest absolute Gasteiger partial charge is 0.278 e. The lowest BCUT2D eigenvalue weighted by atomic mass is 10.1. The summed E-state index contributed by atoms with van der Waals surface area (Å²) >= 11 is 6.37. The van der Waals surface area contributed by atoms with Gasteiger partial charge >= 0.3 is 0 Å². The van der Waals surface area contributed by atoms with Crippen molar-refractivity contribution < 1.29 is 23.7 Å². The molecule has 2 aliphatic rings. The van der Waals surface area contributed by atoms with Crippen LogP contribution in [0.2, 0.25) is 5.02 Å². The van der Waals surface area contributed by atoms with Crippen LogP contribution < -0.4 is 34.5 Å². The first-order valence-corrected chi connectivity index (χ1v) is 15.4. The molecule has 1 fully saturated rings. The number of rotatable bonds is 10. The zero-order chi connectivity index (χ0) is 33.1. The van der Waals surface area contributed by atoms with Gasteiger partial charge in [-0.05, 0) is 48.0 Å². The van der Waals surface area contributed by atoms with E-state index in [9.17, 15) is 4.79 Å². The van der Waals surface area contributed by atoms with Crippen LogP contribution in [0.25, 0.3) is 0 Å². The Bertz CT molecular complexity index is 1800. The van der Waals surface area contributed by atoms with E-state index in [2.05, 4.69) is 30.8 Å². The molecule has 6 rings (SSSR count). The van der Waals surface area contributed by atoms with E-state index in [-0.39, 0.29) is 23.4 Å². The number of carbonyl (C=O) groups excluding carboxylic acids is 1. The number of aliphatic imine (C=N–C) groups is 1. The molecule has 0 bridgehead atoms. The average Bonchev–Trinajstić information content (AvgIpc) is 3.34. The van der Waals surface area contributed by atoms with Gasteiger partial charge in [-0.2, -0.15) is 4.98 Å². The molecule has 0 radical (unpaired) electrons. The minimum atomic E-state index is -0.249. The number of methoxy groups -OCH3 is 4. The van der Waals surface area contributed by atoms with Gasteiger partial charge < -0.3 is 29.6 Å². The van der Waals surface area contributed by atoms with Gasteiger partial charge in [-0.25, -0.2) is 9.98 Å². The van der Waals surface area contributed by atoms with Gasteiger partial charge in [-0.3, -0.25) is 14.6 Å². The Hall–Kier alpha value is -5.07. The first-order chi connectivity index (χ1) is 22.8. The number of fused-ring (bicyclic) bond motifs is 1. The SMILES string of the molecule is COc1cccc(N2CCN(CN3C(=O)C(=Nc4ncc(Cc5cc(OC)c(OC)c(OC)c5)c(N)n4)c4cc(Cl)ccc43)CC2)c1. The summed E-state index contributed by atoms with van der Waals surface area (Å²) in [5.41, 5.74) is 10.6. The molecule has 2 N–H and O–H groups in total. The van der Waals surface area contributed by atoms with Crippen molar-refractivity contribution in [3.05, 3.63) is 82.5 Å². The van der Waals surface area contributed by atoms with Crippen LogP contribution in [0.15, 0.2) is 65.8 Å². The van der Waals surface area contributed by atoms with Crippen LogP contribution in [0.5, 0.6) is 23.0 Å². The Kier molecular flexibility index (Phi) is 9.32. The Labute approximate surface area is 278 Å². The van der Waals surface area contributed by atoms with E-state index in [1.807, 2.05) is 36.4 Å². The predicted octanol–water partition coefficient (Wildman–Crippen LogP) is 4.58. The van der Waals surface area contributed by atoms with Gasteiger partial charge in [-0.1, -0.05) is 17.7 Å². The number of anilines is 3. The molecule has 0 aliphatic carbocycles. The predicted molar refractivity (Wildman–Crippen MR) is 182 cm³/mol. The number of aromatic nitrogens is 2. The second-order valence-electron chi connectivity index (χ2n) is 11.1. The van der Waals surface area contributed by atoms with Gasteiger partial charge in [0, 0.05) is 66.7 Å². The van der Waals surface area contributed by atoms with Crippen LogP contribution in [0, 0.1) is 0 Å². The van der Waals surface area contributed by atoms with Crippen LogP contribution in [0.3, 0.4) is 0 Å². The van der Waals surface area contributed by atoms with Crippen molar-refractivity contribution in [2.45, 2.75) is 6.42 Å². The van der Waals surface area contributed by atoms with E-state index in [1.165, 1.54) is 0 Å². The van der Waals surface area contributed by atoms with Gasteiger partial charge in [0.1, 0.15) is 17.3 Å². The van der Waals surface area contributed by atoms with Crippen LogP contribution in [0.1, 0.15) is 16.7 Å². The fourth-order valence-corrected chi connectivity index (χ4v) is 6.02. The maximum absolute atomic E-state index is 13.9. The van der Waals surface area contributed by atoms with E-state index >= 15 is 0 Å². The van der Waals surface area contributed by atoms with Crippen LogP contribution in [-0.4, -0.2) is 87.8 Å². The molecule has 13 heteroatoms. The molecule has 0 atom stereocenters. The monoisotopic (exact) mass is 657 g/mol. The largest absolute Gasteiger partial charge is 0.497 e. The van der Waals surface area contributed by atoms with Crippen molar-refractivity contribution in [1.82, 2.24) is 14.9 Å². The second kappa shape index (κ2) is 13.7. The molecule has 3 aromatic carbocycles. The highest BCUT2D eigenvalue weighted by Crippen LogP contribution is 2.39. The Balaban J connectivity index is 1.20. The first kappa shape index (κ1) is 31.9. The van der Waals surface area contributed by atoms with Gasteiger partial charge in [0.05, 0.1) is 40.8 Å². The van der Waals surface area contributed by atoms with Crippen LogP contribution >= 0.6 is 11.6 Å². The fourth-order valence-electron chi connectivity index (χ4n) is 5.85. The molecule has 1 saturated heterocycles. The highest BCUT2D eigenvalue weighted by Gasteiger charge is 2.36. The zero-order valence-corrected chi connectivity index (χ0v) is 27.5. The summed E-state index contributed by atoms with van der Waals surface area (Å²) in [5, 5.41) is 0.499. The standard InChI is InChI=1S/C34H36ClN7O5/c1-44-25-7-5-6-24(18-25)41-12-10-40(11-13-41)20-42-27-9-8-23(35)17-26(27)30(33(42)43)38-34-37-19-22(32(36)39-34)14-21-15-28(45-2)31(47-4)29(16-21)46-3/h5-9,15-19H,10-14,20H2,1-4H3,(H2,36,37,39). The molecular formula is C34H36ClN7O5. The fraction of sp³-hybridized carbons (Fsp3) is 0.294. The number of piperazine rings is 1. The molecule has 0 saturated carbocycles. The average molecular weight is 658 g/mol. The lowest BCUT2D eigenvalue weighted by molar-refractivity contribution is -0.112. The number of nitrogens with zero attached hydrogens (tertiary/aromatic N) is 6. The van der Waals surface area contributed by atoms with Crippen molar-refractivity contribution in [3.63, 3.8) is 0 Å². The van der Waals surface area contributed by atoms with Gasteiger partial charge in [0.15, 0.2) is 11.5 Å². The number of nitrogens with two attached hydrogens (primary N) is 1. The van der Waals surface area contributed by atoms with Crippen molar-refractivity contribution >= 4 is 46.4 Å². The number of carbonyl (C=O) groups is 1. The number of ether oxygens (including phenoxy) is 4. The molecule has 1 amide bonds. The number of nitrogen functional groups attached to an aromatic ring is 1. The molecule has 47 heavy (non-hydrogen) atoms. The summed E-state index contributed by atoms with van der Waals surface area (Å²) in [4.78, 5) is 33.6. The quantitative estimate of drug-likeness (QED) is 0.259. The minimum absolute atomic E-state index is 0.0826. The maximum atomic E-state index is 13.9. The third-order valence-corrected chi connectivity index (χ3v) is 8.54. The molecule has 3 heterocycles. The van der Waals surface area contributed by atoms with Gasteiger partial charge in [0.2, 0.25) is 5.75 Å². The molecular weight excluding hydrogens is 622 g/mol. The molecule has 0 unspecified atom stereocenters. The van der Waals surface area contributed by atoms with Crippen LogP contribution in [0.4, 0.5) is 23.1 Å². The van der Waals surface area contributed by atoms with Crippen molar-refractivity contribution in [2.24, 2.45) is 4.99 Å². The van der Waals surface area contributed by atoms with E-state index in [0.717, 1.165) is 48.9 Å². The summed E-state index contributed by atoms with van der Waals surface area (Å²) in [7, 11) is 6.35. The highest BCUT2D eigenvalue weighted by atomic mass is 35.5. The minimum Gasteiger partial charge on any atom is -0.497 e. The maximum Gasteiger partial charge on any atom is 0.278 e. The number of halogens is 1. The van der Waals surface area contributed by atoms with E-state index in [0.29, 0.717) is 46.5 Å². The Morgan fingerprint density at radius 1 is 0.915 bits per heavy atom. The topological polar surface area (TPSA) is 128 Å². The number of hydrogen-bond donors (Lipinski definition) is 1. The van der Waals surface area contributed by atoms with Gasteiger partial charge in [-0.15, -0.1) is 0 Å². The van der Waals surface area contributed by atoms with Crippen molar-refractivity contribution in [3.8, 4) is 23.0 Å². The number of benzene rings is 3. The van der Waals surface area contributed by atoms with E-state index < -0.39 is 0 Å². The van der Waals surface area contributed by atoms with Crippen LogP contribution in [-0.2, 0) is 11.2 Å². The Morgan fingerprint density at radius 3 is 2.32 bits per heavy atom. The molecule has 12 nitrogen and oxygen atoms in total. The zero-order valence-electron chi connectivity index (χ0n) is 26.7. The molecule has 1 aromatic heterocycles. The van der Waals surface area contributed by atoms with Gasteiger partial charge in [0.25, 0.3) is 11.9 Å². The summed E-state index contributed by atoms with van der Waals surface area (Å²) in [6.45, 7) is 3.61. The Morgan fingerprint density at radius 2 is 1.66 bits per heavy atom. The molecule has 0 spiro atoms. The summed E-state index contributed by atoms with van der Waals surface area (Å²) < 4.78 is 21.8. The third kappa shape index (κ3) is 6.60. The van der Waals surface area contributed by atoms with E-state index in [4.69, 9.17) is 36.3 Å². The number of hydrogen-bond acceptors (Lipinski definition) is 11. The normalized spacial score (nSPS) is 15.6. The molecule has 244 valence electrons. The summed E-state index contributed by atoms with van der Waals surface area (Å²) in [6, 6.07) is 17.1. The lowest BCUT2D eigenvalue weighted by Gasteiger charge is -2.37. The van der Waals surface area contributed by atoms with E-state index in [1.54, 1.807) is 51.7 Å². The molecule has 4 aromatic rings. The van der Waals surface area contributed by atoms with Crippen molar-refractivity contribution in [2.75, 3.05) is 76.8 Å². The van der Waals surface area contributed by atoms with Crippen molar-refractivity contribution in [1.29, 1.82) is 0 Å². The lowest BCUT2D eigenvalue weighted by Crippen LogP contribution is -2.51. The third-order valence-electron chi connectivity index (χ3n) is 8.30. The molecule has 2 aliphatic heterocycles. The second-order valence-corrected chi connectivity index (χ2v) is 11.5. The highest BCUT2D eigenvalue weighted by molar-refractivity contribution is 6.55. The summed E-state index contributed by atoms with van der Waals surface area (Å²) in [6.07, 6.45) is 2.03. The number of amides is 1. The summed E-state index contributed by atoms with van der Waals surface area (Å²) in [5.74, 6) is 2.47. The first-order valence-electron chi connectivity index (χ1n) is 15.0.